The average Bonchev–Trinajstić information content (AvgIpc) is 2.81. The van der Waals surface area contributed by atoms with Crippen molar-refractivity contribution in [2.75, 3.05) is 26.3 Å². The van der Waals surface area contributed by atoms with Gasteiger partial charge in [-0.15, -0.1) is 0 Å². The quantitative estimate of drug-likeness (QED) is 0.809. The third-order valence-electron chi connectivity index (χ3n) is 3.36. The smallest absolute Gasteiger partial charge is 0.228 e. The van der Waals surface area contributed by atoms with Crippen LogP contribution in [0.5, 0.6) is 0 Å². The van der Waals surface area contributed by atoms with Crippen LogP contribution in [0, 0.1) is 6.92 Å². The molecule has 5 nitrogen and oxygen atoms in total. The summed E-state index contributed by atoms with van der Waals surface area (Å²) in [6.07, 6.45) is 4.26. The minimum atomic E-state index is 0.128. The summed E-state index contributed by atoms with van der Waals surface area (Å²) in [4.78, 5) is 18.5. The normalized spacial score (nSPS) is 15.9. The minimum absolute atomic E-state index is 0.128. The predicted octanol–water partition coefficient (Wildman–Crippen LogP) is 1.04. The number of imidazole rings is 1. The van der Waals surface area contributed by atoms with Crippen LogP contribution in [0.1, 0.15) is 11.3 Å². The maximum Gasteiger partial charge on any atom is 0.228 e. The van der Waals surface area contributed by atoms with Crippen molar-refractivity contribution in [3.8, 4) is 0 Å². The summed E-state index contributed by atoms with van der Waals surface area (Å²) < 4.78 is 7.20. The largest absolute Gasteiger partial charge is 0.378 e. The number of rotatable bonds is 2. The number of aryl methyl sites for hydroxylation is 1. The first-order valence-corrected chi connectivity index (χ1v) is 6.52. The molecule has 1 fully saturated rings. The van der Waals surface area contributed by atoms with Crippen LogP contribution < -0.4 is 0 Å². The molecule has 3 rings (SSSR count). The Morgan fingerprint density at radius 1 is 1.42 bits per heavy atom. The van der Waals surface area contributed by atoms with E-state index in [1.807, 2.05) is 40.8 Å². The Kier molecular flexibility index (Phi) is 3.21. The highest BCUT2D eigenvalue weighted by Crippen LogP contribution is 2.09. The van der Waals surface area contributed by atoms with Crippen LogP contribution in [0.2, 0.25) is 0 Å². The zero-order valence-electron chi connectivity index (χ0n) is 11.0. The molecule has 2 aromatic heterocycles. The van der Waals surface area contributed by atoms with Gasteiger partial charge in [-0.3, -0.25) is 4.79 Å². The number of pyridine rings is 1. The van der Waals surface area contributed by atoms with Gasteiger partial charge in [0.05, 0.1) is 25.3 Å². The first kappa shape index (κ1) is 12.2. The van der Waals surface area contributed by atoms with E-state index in [4.69, 9.17) is 4.74 Å². The summed E-state index contributed by atoms with van der Waals surface area (Å²) >= 11 is 0. The van der Waals surface area contributed by atoms with Crippen molar-refractivity contribution < 1.29 is 9.53 Å². The predicted molar refractivity (Wildman–Crippen MR) is 71.0 cm³/mol. The summed E-state index contributed by atoms with van der Waals surface area (Å²) in [6, 6.07) is 4.05. The van der Waals surface area contributed by atoms with Crippen molar-refractivity contribution in [1.29, 1.82) is 0 Å². The Morgan fingerprint density at radius 3 is 3.00 bits per heavy atom. The molecule has 0 radical (unpaired) electrons. The molecule has 5 heteroatoms. The fraction of sp³-hybridized carbons (Fsp3) is 0.429. The average molecular weight is 259 g/mol. The molecule has 0 saturated carbocycles. The number of morpholine rings is 1. The van der Waals surface area contributed by atoms with Crippen molar-refractivity contribution in [3.05, 3.63) is 35.8 Å². The summed E-state index contributed by atoms with van der Waals surface area (Å²) in [6.45, 7) is 4.68. The molecule has 3 heterocycles. The van der Waals surface area contributed by atoms with Crippen molar-refractivity contribution in [2.45, 2.75) is 13.3 Å². The Balaban J connectivity index is 1.75. The molecule has 0 unspecified atom stereocenters. The van der Waals surface area contributed by atoms with Gasteiger partial charge in [0.25, 0.3) is 0 Å². The molecule has 1 aliphatic rings. The summed E-state index contributed by atoms with van der Waals surface area (Å²) in [5.74, 6) is 0.128. The van der Waals surface area contributed by atoms with Gasteiger partial charge in [-0.2, -0.15) is 0 Å². The minimum Gasteiger partial charge on any atom is -0.378 e. The van der Waals surface area contributed by atoms with Crippen molar-refractivity contribution in [1.82, 2.24) is 14.3 Å². The first-order valence-electron chi connectivity index (χ1n) is 6.52. The first-order chi connectivity index (χ1) is 9.22. The number of carbonyl (C=O) groups excluding carboxylic acids is 1. The van der Waals surface area contributed by atoms with E-state index in [1.165, 1.54) is 5.56 Å². The number of carbonyl (C=O) groups is 1. The zero-order valence-corrected chi connectivity index (χ0v) is 11.0. The highest BCUT2D eigenvalue weighted by molar-refractivity contribution is 5.78. The van der Waals surface area contributed by atoms with Crippen LogP contribution in [0.4, 0.5) is 0 Å². The molecular formula is C14H17N3O2. The van der Waals surface area contributed by atoms with Gasteiger partial charge in [0.15, 0.2) is 0 Å². The standard InChI is InChI=1S/C14H17N3O2/c1-11-2-3-17-10-12(15-13(17)8-11)9-14(18)16-4-6-19-7-5-16/h2-3,8,10H,4-7,9H2,1H3. The molecule has 1 aliphatic heterocycles. The monoisotopic (exact) mass is 259 g/mol. The summed E-state index contributed by atoms with van der Waals surface area (Å²) in [5.41, 5.74) is 2.89. The van der Waals surface area contributed by atoms with Crippen LogP contribution in [-0.4, -0.2) is 46.5 Å². The molecular weight excluding hydrogens is 242 g/mol. The molecule has 0 spiro atoms. The fourth-order valence-electron chi connectivity index (χ4n) is 2.30. The van der Waals surface area contributed by atoms with Crippen LogP contribution in [0.15, 0.2) is 24.5 Å². The molecule has 100 valence electrons. The Hall–Kier alpha value is -1.88. The van der Waals surface area contributed by atoms with E-state index in [-0.39, 0.29) is 5.91 Å². The second-order valence-corrected chi connectivity index (χ2v) is 4.87. The second-order valence-electron chi connectivity index (χ2n) is 4.87. The van der Waals surface area contributed by atoms with Gasteiger partial charge in [0.1, 0.15) is 5.65 Å². The number of hydrogen-bond donors (Lipinski definition) is 0. The molecule has 1 amide bonds. The molecule has 0 N–H and O–H groups in total. The van der Waals surface area contributed by atoms with E-state index in [2.05, 4.69) is 4.98 Å². The number of hydrogen-bond acceptors (Lipinski definition) is 3. The van der Waals surface area contributed by atoms with Gasteiger partial charge < -0.3 is 14.0 Å². The SMILES string of the molecule is Cc1ccn2cc(CC(=O)N3CCOCC3)nc2c1. The van der Waals surface area contributed by atoms with Gasteiger partial charge in [-0.25, -0.2) is 4.98 Å². The highest BCUT2D eigenvalue weighted by Gasteiger charge is 2.18. The van der Waals surface area contributed by atoms with Gasteiger partial charge in [-0.05, 0) is 24.6 Å². The van der Waals surface area contributed by atoms with Crippen molar-refractivity contribution >= 4 is 11.6 Å². The Morgan fingerprint density at radius 2 is 2.21 bits per heavy atom. The van der Waals surface area contributed by atoms with Gasteiger partial charge in [0.2, 0.25) is 5.91 Å². The van der Waals surface area contributed by atoms with E-state index in [0.29, 0.717) is 32.7 Å². The summed E-state index contributed by atoms with van der Waals surface area (Å²) in [5, 5.41) is 0. The third-order valence-corrected chi connectivity index (χ3v) is 3.36. The lowest BCUT2D eigenvalue weighted by Crippen LogP contribution is -2.41. The van der Waals surface area contributed by atoms with Crippen LogP contribution in [0.25, 0.3) is 5.65 Å². The molecule has 0 aromatic carbocycles. The Bertz CT molecular complexity index is 600. The number of fused-ring (bicyclic) bond motifs is 1. The maximum absolute atomic E-state index is 12.1. The third kappa shape index (κ3) is 2.61. The van der Waals surface area contributed by atoms with Gasteiger partial charge >= 0.3 is 0 Å². The molecule has 0 aliphatic carbocycles. The fourth-order valence-corrected chi connectivity index (χ4v) is 2.30. The van der Waals surface area contributed by atoms with Crippen LogP contribution in [-0.2, 0) is 16.0 Å². The molecule has 0 atom stereocenters. The lowest BCUT2D eigenvalue weighted by Gasteiger charge is -2.26. The Labute approximate surface area is 111 Å². The van der Waals surface area contributed by atoms with E-state index in [0.717, 1.165) is 11.3 Å². The molecule has 2 aromatic rings. The number of aromatic nitrogens is 2. The van der Waals surface area contributed by atoms with Crippen molar-refractivity contribution in [2.24, 2.45) is 0 Å². The van der Waals surface area contributed by atoms with Crippen LogP contribution in [0.3, 0.4) is 0 Å². The summed E-state index contributed by atoms with van der Waals surface area (Å²) in [7, 11) is 0. The lowest BCUT2D eigenvalue weighted by molar-refractivity contribution is -0.134. The second kappa shape index (κ2) is 5.01. The van der Waals surface area contributed by atoms with Crippen molar-refractivity contribution in [3.63, 3.8) is 0 Å². The van der Waals surface area contributed by atoms with E-state index >= 15 is 0 Å². The topological polar surface area (TPSA) is 46.8 Å². The lowest BCUT2D eigenvalue weighted by atomic mass is 10.3. The van der Waals surface area contributed by atoms with E-state index in [9.17, 15) is 4.79 Å². The number of nitrogens with zero attached hydrogens (tertiary/aromatic N) is 3. The van der Waals surface area contributed by atoms with E-state index < -0.39 is 0 Å². The highest BCUT2D eigenvalue weighted by atomic mass is 16.5. The zero-order chi connectivity index (χ0) is 13.2. The van der Waals surface area contributed by atoms with Gasteiger partial charge in [-0.1, -0.05) is 0 Å². The maximum atomic E-state index is 12.1. The number of ether oxygens (including phenoxy) is 1. The van der Waals surface area contributed by atoms with E-state index in [1.54, 1.807) is 0 Å². The molecule has 0 bridgehead atoms. The van der Waals surface area contributed by atoms with Crippen LogP contribution >= 0.6 is 0 Å². The molecule has 19 heavy (non-hydrogen) atoms. The molecule has 1 saturated heterocycles. The van der Waals surface area contributed by atoms with Gasteiger partial charge in [0, 0.05) is 25.5 Å². The number of amides is 1.